The molecular weight excluding hydrogens is 342 g/mol. The second-order valence-corrected chi connectivity index (χ2v) is 5.80. The lowest BCUT2D eigenvalue weighted by molar-refractivity contribution is 0.0927. The first kappa shape index (κ1) is 18.2. The van der Waals surface area contributed by atoms with Gasteiger partial charge in [0.2, 0.25) is 0 Å². The molecule has 0 saturated carbocycles. The fraction of sp³-hybridized carbons (Fsp3) is 0.150. The quantitative estimate of drug-likeness (QED) is 0.655. The van der Waals surface area contributed by atoms with E-state index in [0.717, 1.165) is 5.56 Å². The molecule has 0 aliphatic carbocycles. The summed E-state index contributed by atoms with van der Waals surface area (Å²) in [6.45, 7) is 2.36. The predicted molar refractivity (Wildman–Crippen MR) is 101 cm³/mol. The van der Waals surface area contributed by atoms with E-state index in [0.29, 0.717) is 29.2 Å². The van der Waals surface area contributed by atoms with E-state index in [4.69, 9.17) is 0 Å². The highest BCUT2D eigenvalue weighted by atomic mass is 16.2. The lowest BCUT2D eigenvalue weighted by Crippen LogP contribution is -2.35. The van der Waals surface area contributed by atoms with Gasteiger partial charge in [0, 0.05) is 37.2 Å². The Balaban J connectivity index is 1.61. The van der Waals surface area contributed by atoms with Crippen molar-refractivity contribution in [2.75, 3.05) is 13.1 Å². The highest BCUT2D eigenvalue weighted by molar-refractivity contribution is 5.99. The second-order valence-electron chi connectivity index (χ2n) is 5.80. The van der Waals surface area contributed by atoms with Gasteiger partial charge in [-0.15, -0.1) is 0 Å². The van der Waals surface area contributed by atoms with E-state index in [9.17, 15) is 9.59 Å². The summed E-state index contributed by atoms with van der Waals surface area (Å²) in [6.07, 6.45) is 4.61. The van der Waals surface area contributed by atoms with Crippen molar-refractivity contribution in [1.29, 1.82) is 0 Å². The van der Waals surface area contributed by atoms with E-state index in [2.05, 4.69) is 25.6 Å². The monoisotopic (exact) mass is 361 g/mol. The minimum atomic E-state index is -0.288. The van der Waals surface area contributed by atoms with Crippen molar-refractivity contribution in [2.24, 2.45) is 0 Å². The molecule has 2 aromatic heterocycles. The van der Waals surface area contributed by atoms with Crippen LogP contribution in [0.15, 0.2) is 61.1 Å². The number of amides is 2. The Kier molecular flexibility index (Phi) is 5.84. The number of nitrogens with zero attached hydrogens (tertiary/aromatic N) is 3. The number of carbonyl (C=O) groups is 2. The standard InChI is InChI=1S/C20H19N5O2/c1-14-24-13-17(18(25-14)15-6-3-2-4-7-15)20(27)23-11-10-22-19(26)16-8-5-9-21-12-16/h2-9,12-13H,10-11H2,1H3,(H,22,26)(H,23,27). The Morgan fingerprint density at radius 2 is 1.67 bits per heavy atom. The van der Waals surface area contributed by atoms with Crippen molar-refractivity contribution in [3.05, 3.63) is 78.0 Å². The molecule has 2 amide bonds. The van der Waals surface area contributed by atoms with Crippen molar-refractivity contribution in [1.82, 2.24) is 25.6 Å². The number of benzene rings is 1. The zero-order valence-corrected chi connectivity index (χ0v) is 14.8. The van der Waals surface area contributed by atoms with Gasteiger partial charge in [0.05, 0.1) is 16.8 Å². The number of hydrogen-bond acceptors (Lipinski definition) is 5. The zero-order chi connectivity index (χ0) is 19.1. The minimum Gasteiger partial charge on any atom is -0.350 e. The maximum atomic E-state index is 12.6. The lowest BCUT2D eigenvalue weighted by atomic mass is 10.1. The number of hydrogen-bond donors (Lipinski definition) is 2. The number of aromatic nitrogens is 3. The van der Waals surface area contributed by atoms with Gasteiger partial charge in [0.25, 0.3) is 11.8 Å². The molecule has 0 spiro atoms. The van der Waals surface area contributed by atoms with E-state index in [1.807, 2.05) is 30.3 Å². The molecule has 2 N–H and O–H groups in total. The summed E-state index contributed by atoms with van der Waals surface area (Å²) in [5, 5.41) is 5.52. The molecular formula is C20H19N5O2. The summed E-state index contributed by atoms with van der Waals surface area (Å²) in [4.78, 5) is 37.0. The van der Waals surface area contributed by atoms with Crippen LogP contribution in [-0.2, 0) is 0 Å². The molecule has 0 radical (unpaired) electrons. The van der Waals surface area contributed by atoms with Crippen LogP contribution in [0.1, 0.15) is 26.5 Å². The van der Waals surface area contributed by atoms with Crippen LogP contribution in [0.5, 0.6) is 0 Å². The Labute approximate surface area is 156 Å². The van der Waals surface area contributed by atoms with Gasteiger partial charge in [0.15, 0.2) is 0 Å². The minimum absolute atomic E-state index is 0.235. The highest BCUT2D eigenvalue weighted by Gasteiger charge is 2.15. The Morgan fingerprint density at radius 1 is 0.926 bits per heavy atom. The van der Waals surface area contributed by atoms with Crippen LogP contribution in [-0.4, -0.2) is 39.9 Å². The number of carbonyl (C=O) groups excluding carboxylic acids is 2. The van der Waals surface area contributed by atoms with Crippen LogP contribution >= 0.6 is 0 Å². The summed E-state index contributed by atoms with van der Waals surface area (Å²) in [5.41, 5.74) is 2.30. The average Bonchev–Trinajstić information content (AvgIpc) is 2.72. The molecule has 136 valence electrons. The number of rotatable bonds is 6. The number of aryl methyl sites for hydroxylation is 1. The van der Waals surface area contributed by atoms with Crippen molar-refractivity contribution in [2.45, 2.75) is 6.92 Å². The summed E-state index contributed by atoms with van der Waals surface area (Å²) in [5.74, 6) is 0.0691. The summed E-state index contributed by atoms with van der Waals surface area (Å²) in [7, 11) is 0. The third kappa shape index (κ3) is 4.72. The van der Waals surface area contributed by atoms with Gasteiger partial charge in [0.1, 0.15) is 5.82 Å². The lowest BCUT2D eigenvalue weighted by Gasteiger charge is -2.10. The molecule has 1 aromatic carbocycles. The molecule has 3 rings (SSSR count). The van der Waals surface area contributed by atoms with Crippen LogP contribution in [0.3, 0.4) is 0 Å². The third-order valence-electron chi connectivity index (χ3n) is 3.82. The van der Waals surface area contributed by atoms with E-state index >= 15 is 0 Å². The first-order chi connectivity index (χ1) is 13.1. The Hall–Kier alpha value is -3.61. The van der Waals surface area contributed by atoms with Crippen LogP contribution in [0, 0.1) is 6.92 Å². The van der Waals surface area contributed by atoms with E-state index < -0.39 is 0 Å². The number of pyridine rings is 1. The molecule has 0 aliphatic rings. The molecule has 7 heteroatoms. The van der Waals surface area contributed by atoms with Gasteiger partial charge in [-0.1, -0.05) is 30.3 Å². The maximum Gasteiger partial charge on any atom is 0.255 e. The second kappa shape index (κ2) is 8.66. The Bertz CT molecular complexity index is 930. The SMILES string of the molecule is Cc1ncc(C(=O)NCCNC(=O)c2cccnc2)c(-c2ccccc2)n1. The van der Waals surface area contributed by atoms with Gasteiger partial charge < -0.3 is 10.6 Å². The van der Waals surface area contributed by atoms with Crippen molar-refractivity contribution in [3.63, 3.8) is 0 Å². The molecule has 2 heterocycles. The van der Waals surface area contributed by atoms with E-state index in [1.54, 1.807) is 25.3 Å². The average molecular weight is 361 g/mol. The fourth-order valence-electron chi connectivity index (χ4n) is 2.50. The molecule has 7 nitrogen and oxygen atoms in total. The van der Waals surface area contributed by atoms with Crippen molar-refractivity contribution in [3.8, 4) is 11.3 Å². The molecule has 0 unspecified atom stereocenters. The topological polar surface area (TPSA) is 96.9 Å². The van der Waals surface area contributed by atoms with Crippen LogP contribution in [0.2, 0.25) is 0 Å². The molecule has 0 aliphatic heterocycles. The first-order valence-corrected chi connectivity index (χ1v) is 8.50. The summed E-state index contributed by atoms with van der Waals surface area (Å²) < 4.78 is 0. The fourth-order valence-corrected chi connectivity index (χ4v) is 2.50. The Morgan fingerprint density at radius 3 is 2.37 bits per heavy atom. The van der Waals surface area contributed by atoms with E-state index in [1.165, 1.54) is 12.4 Å². The highest BCUT2D eigenvalue weighted by Crippen LogP contribution is 2.20. The van der Waals surface area contributed by atoms with Gasteiger partial charge >= 0.3 is 0 Å². The summed E-state index contributed by atoms with van der Waals surface area (Å²) in [6, 6.07) is 12.8. The molecule has 27 heavy (non-hydrogen) atoms. The van der Waals surface area contributed by atoms with Crippen LogP contribution in [0.4, 0.5) is 0 Å². The van der Waals surface area contributed by atoms with Crippen molar-refractivity contribution < 1.29 is 9.59 Å². The molecule has 0 bridgehead atoms. The van der Waals surface area contributed by atoms with Gasteiger partial charge in [-0.05, 0) is 19.1 Å². The van der Waals surface area contributed by atoms with Gasteiger partial charge in [-0.25, -0.2) is 9.97 Å². The van der Waals surface area contributed by atoms with Gasteiger partial charge in [-0.3, -0.25) is 14.6 Å². The van der Waals surface area contributed by atoms with Crippen molar-refractivity contribution >= 4 is 11.8 Å². The van der Waals surface area contributed by atoms with Gasteiger partial charge in [-0.2, -0.15) is 0 Å². The number of nitrogens with one attached hydrogen (secondary N) is 2. The largest absolute Gasteiger partial charge is 0.350 e. The zero-order valence-electron chi connectivity index (χ0n) is 14.8. The van der Waals surface area contributed by atoms with Crippen LogP contribution in [0.25, 0.3) is 11.3 Å². The van der Waals surface area contributed by atoms with E-state index in [-0.39, 0.29) is 18.4 Å². The molecule has 0 atom stereocenters. The summed E-state index contributed by atoms with van der Waals surface area (Å²) >= 11 is 0. The molecule has 0 saturated heterocycles. The predicted octanol–water partition coefficient (Wildman–Crippen LogP) is 2.01. The first-order valence-electron chi connectivity index (χ1n) is 8.50. The molecule has 0 fully saturated rings. The normalized spacial score (nSPS) is 10.3. The maximum absolute atomic E-state index is 12.6. The molecule has 3 aromatic rings. The smallest absolute Gasteiger partial charge is 0.255 e. The van der Waals surface area contributed by atoms with Crippen LogP contribution < -0.4 is 10.6 Å². The third-order valence-corrected chi connectivity index (χ3v) is 3.82.